The first-order chi connectivity index (χ1) is 8.56. The van der Waals surface area contributed by atoms with Gasteiger partial charge in [0, 0.05) is 28.4 Å². The Balaban J connectivity index is 2.39. The number of hydrogen-bond donors (Lipinski definition) is 1. The molecule has 0 bridgehead atoms. The van der Waals surface area contributed by atoms with E-state index in [9.17, 15) is 5.21 Å². The molecule has 0 aliphatic heterocycles. The molecule has 0 radical (unpaired) electrons. The van der Waals surface area contributed by atoms with Crippen LogP contribution in [0.4, 0.5) is 0 Å². The minimum absolute atomic E-state index is 0.0581. The number of aryl methyl sites for hydroxylation is 2. The van der Waals surface area contributed by atoms with Crippen molar-refractivity contribution in [3.63, 3.8) is 0 Å². The molecule has 18 heavy (non-hydrogen) atoms. The van der Waals surface area contributed by atoms with Crippen molar-refractivity contribution in [3.05, 3.63) is 41.2 Å². The van der Waals surface area contributed by atoms with E-state index in [0.717, 1.165) is 24.1 Å². The molecular weight excluding hydrogens is 224 g/mol. The summed E-state index contributed by atoms with van der Waals surface area (Å²) in [5.74, 6) is 0. The van der Waals surface area contributed by atoms with Gasteiger partial charge in [0.1, 0.15) is 0 Å². The number of aromatic nitrogens is 1. The lowest BCUT2D eigenvalue weighted by Crippen LogP contribution is -2.31. The Morgan fingerprint density at radius 3 is 2.83 bits per heavy atom. The van der Waals surface area contributed by atoms with Crippen molar-refractivity contribution >= 4 is 11.2 Å². The molecule has 3 nitrogen and oxygen atoms in total. The first-order valence-electron chi connectivity index (χ1n) is 6.37. The molecule has 0 fully saturated rings. The minimum Gasteiger partial charge on any atom is -0.411 e. The average molecular weight is 242 g/mol. The van der Waals surface area contributed by atoms with E-state index in [1.807, 2.05) is 6.07 Å². The van der Waals surface area contributed by atoms with E-state index in [2.05, 4.69) is 48.7 Å². The van der Waals surface area contributed by atoms with Crippen molar-refractivity contribution in [1.82, 2.24) is 4.40 Å². The molecule has 0 amide bonds. The topological polar surface area (TPSA) is 37.0 Å². The van der Waals surface area contributed by atoms with Crippen LogP contribution in [0.25, 0.3) is 5.52 Å². The van der Waals surface area contributed by atoms with Crippen LogP contribution < -0.4 is 0 Å². The summed E-state index contributed by atoms with van der Waals surface area (Å²) in [6.45, 7) is 6.40. The zero-order valence-corrected chi connectivity index (χ0v) is 11.1. The van der Waals surface area contributed by atoms with Crippen LogP contribution in [0.5, 0.6) is 0 Å². The van der Waals surface area contributed by atoms with Gasteiger partial charge in [-0.15, -0.1) is 0 Å². The van der Waals surface area contributed by atoms with Crippen molar-refractivity contribution in [2.24, 2.45) is 10.6 Å². The van der Waals surface area contributed by atoms with Gasteiger partial charge in [0.2, 0.25) is 0 Å². The smallest absolute Gasteiger partial charge is 0.0945 e. The molecule has 2 aromatic rings. The number of oxime groups is 1. The molecular formula is C15H18N2O. The Kier molecular flexibility index (Phi) is 2.27. The summed E-state index contributed by atoms with van der Waals surface area (Å²) >= 11 is 0. The van der Waals surface area contributed by atoms with E-state index in [-0.39, 0.29) is 5.41 Å². The second-order valence-corrected chi connectivity index (χ2v) is 5.74. The maximum Gasteiger partial charge on any atom is 0.0945 e. The molecule has 0 saturated heterocycles. The van der Waals surface area contributed by atoms with Crippen LogP contribution in [0, 0.1) is 12.3 Å². The monoisotopic (exact) mass is 242 g/mol. The molecule has 94 valence electrons. The molecule has 3 heteroatoms. The lowest BCUT2D eigenvalue weighted by Gasteiger charge is -2.31. The van der Waals surface area contributed by atoms with Crippen molar-refractivity contribution < 1.29 is 5.21 Å². The first kappa shape index (κ1) is 11.3. The van der Waals surface area contributed by atoms with Crippen LogP contribution in [-0.2, 0) is 6.42 Å². The summed E-state index contributed by atoms with van der Waals surface area (Å²) in [7, 11) is 0. The molecule has 1 aliphatic rings. The molecule has 0 atom stereocenters. The summed E-state index contributed by atoms with van der Waals surface area (Å²) in [5.41, 5.74) is 5.60. The van der Waals surface area contributed by atoms with E-state index in [4.69, 9.17) is 0 Å². The van der Waals surface area contributed by atoms with Gasteiger partial charge < -0.3 is 9.61 Å². The number of fused-ring (bicyclic) bond motifs is 3. The minimum atomic E-state index is -0.0581. The van der Waals surface area contributed by atoms with Crippen LogP contribution >= 0.6 is 0 Å². The van der Waals surface area contributed by atoms with Crippen LogP contribution in [0.2, 0.25) is 0 Å². The number of pyridine rings is 1. The van der Waals surface area contributed by atoms with Gasteiger partial charge in [0.25, 0.3) is 0 Å². The van der Waals surface area contributed by atoms with Crippen LogP contribution in [0.3, 0.4) is 0 Å². The van der Waals surface area contributed by atoms with Gasteiger partial charge in [-0.1, -0.05) is 25.1 Å². The first-order valence-corrected chi connectivity index (χ1v) is 6.37. The van der Waals surface area contributed by atoms with Crippen LogP contribution in [-0.4, -0.2) is 15.3 Å². The predicted molar refractivity (Wildman–Crippen MR) is 72.6 cm³/mol. The van der Waals surface area contributed by atoms with Crippen molar-refractivity contribution in [1.29, 1.82) is 0 Å². The SMILES string of the molecule is Cc1c2c(n3ccccc13)CCC(C)(C)C2=NO. The van der Waals surface area contributed by atoms with Crippen molar-refractivity contribution in [2.75, 3.05) is 0 Å². The molecule has 3 rings (SSSR count). The van der Waals surface area contributed by atoms with Gasteiger partial charge in [0.05, 0.1) is 5.71 Å². The third-order valence-electron chi connectivity index (χ3n) is 4.16. The molecule has 1 aliphatic carbocycles. The van der Waals surface area contributed by atoms with E-state index >= 15 is 0 Å². The zero-order valence-electron chi connectivity index (χ0n) is 11.1. The maximum atomic E-state index is 9.40. The summed E-state index contributed by atoms with van der Waals surface area (Å²) in [4.78, 5) is 0. The highest BCUT2D eigenvalue weighted by atomic mass is 16.4. The van der Waals surface area contributed by atoms with Gasteiger partial charge >= 0.3 is 0 Å². The quantitative estimate of drug-likeness (QED) is 0.558. The molecule has 2 heterocycles. The number of rotatable bonds is 0. The highest BCUT2D eigenvalue weighted by molar-refractivity contribution is 6.08. The Morgan fingerprint density at radius 1 is 1.33 bits per heavy atom. The average Bonchev–Trinajstić information content (AvgIpc) is 2.63. The van der Waals surface area contributed by atoms with E-state index < -0.39 is 0 Å². The maximum absolute atomic E-state index is 9.40. The molecule has 2 aromatic heterocycles. The highest BCUT2D eigenvalue weighted by Crippen LogP contribution is 2.39. The molecule has 0 saturated carbocycles. The number of nitrogens with zero attached hydrogens (tertiary/aromatic N) is 2. The summed E-state index contributed by atoms with van der Waals surface area (Å²) in [5, 5.41) is 13.0. The largest absolute Gasteiger partial charge is 0.411 e. The second kappa shape index (κ2) is 3.61. The van der Waals surface area contributed by atoms with E-state index in [0.29, 0.717) is 0 Å². The Morgan fingerprint density at radius 2 is 2.11 bits per heavy atom. The van der Waals surface area contributed by atoms with E-state index in [1.165, 1.54) is 16.8 Å². The zero-order chi connectivity index (χ0) is 12.9. The lowest BCUT2D eigenvalue weighted by molar-refractivity contribution is 0.305. The summed E-state index contributed by atoms with van der Waals surface area (Å²) in [6, 6.07) is 6.21. The number of hydrogen-bond acceptors (Lipinski definition) is 2. The fraction of sp³-hybridized carbons (Fsp3) is 0.400. The third kappa shape index (κ3) is 1.33. The van der Waals surface area contributed by atoms with Gasteiger partial charge in [-0.05, 0) is 37.5 Å². The third-order valence-corrected chi connectivity index (χ3v) is 4.16. The van der Waals surface area contributed by atoms with Crippen molar-refractivity contribution in [2.45, 2.75) is 33.6 Å². The molecule has 1 N–H and O–H groups in total. The van der Waals surface area contributed by atoms with Gasteiger partial charge in [0.15, 0.2) is 0 Å². The van der Waals surface area contributed by atoms with Crippen LogP contribution in [0.1, 0.15) is 37.1 Å². The van der Waals surface area contributed by atoms with Gasteiger partial charge in [-0.3, -0.25) is 0 Å². The van der Waals surface area contributed by atoms with Crippen molar-refractivity contribution in [3.8, 4) is 0 Å². The molecule has 0 unspecified atom stereocenters. The van der Waals surface area contributed by atoms with Gasteiger partial charge in [-0.25, -0.2) is 0 Å². The Hall–Kier alpha value is -1.77. The highest BCUT2D eigenvalue weighted by Gasteiger charge is 2.36. The lowest BCUT2D eigenvalue weighted by atomic mass is 9.74. The Labute approximate surface area is 107 Å². The second-order valence-electron chi connectivity index (χ2n) is 5.74. The fourth-order valence-corrected chi connectivity index (χ4v) is 3.08. The summed E-state index contributed by atoms with van der Waals surface area (Å²) in [6.07, 6.45) is 4.13. The Bertz CT molecular complexity index is 650. The fourth-order valence-electron chi connectivity index (χ4n) is 3.08. The standard InChI is InChI=1S/C15H18N2O/c1-10-11-6-4-5-9-17(11)12-7-8-15(2,3)14(16-18)13(10)12/h4-6,9,18H,7-8H2,1-3H3. The molecule has 0 aromatic carbocycles. The van der Waals surface area contributed by atoms with Gasteiger partial charge in [-0.2, -0.15) is 0 Å². The predicted octanol–water partition coefficient (Wildman–Crippen LogP) is 3.40. The normalized spacial score (nSPS) is 20.3. The summed E-state index contributed by atoms with van der Waals surface area (Å²) < 4.78 is 2.23. The van der Waals surface area contributed by atoms with E-state index in [1.54, 1.807) is 0 Å². The molecule has 0 spiro atoms. The van der Waals surface area contributed by atoms with Crippen LogP contribution in [0.15, 0.2) is 29.6 Å².